The SMILES string of the molecule is Cc1ccc(CCC(=O)N2CCC(Nc3cccnn3)CC2)cc1. The van der Waals surface area contributed by atoms with Crippen molar-refractivity contribution in [2.24, 2.45) is 0 Å². The monoisotopic (exact) mass is 324 g/mol. The Kier molecular flexibility index (Phi) is 5.41. The van der Waals surface area contributed by atoms with E-state index in [1.54, 1.807) is 6.20 Å². The number of anilines is 1. The smallest absolute Gasteiger partial charge is 0.222 e. The van der Waals surface area contributed by atoms with Crippen molar-refractivity contribution in [1.82, 2.24) is 15.1 Å². The Hall–Kier alpha value is -2.43. The van der Waals surface area contributed by atoms with E-state index in [4.69, 9.17) is 0 Å². The molecular formula is C19H24N4O. The van der Waals surface area contributed by atoms with E-state index in [0.717, 1.165) is 38.2 Å². The zero-order valence-corrected chi connectivity index (χ0v) is 14.1. The highest BCUT2D eigenvalue weighted by molar-refractivity contribution is 5.76. The number of hydrogen-bond acceptors (Lipinski definition) is 4. The first-order chi connectivity index (χ1) is 11.7. The molecule has 0 atom stereocenters. The van der Waals surface area contributed by atoms with E-state index in [2.05, 4.69) is 46.7 Å². The van der Waals surface area contributed by atoms with Gasteiger partial charge in [-0.2, -0.15) is 5.10 Å². The molecular weight excluding hydrogens is 300 g/mol. The summed E-state index contributed by atoms with van der Waals surface area (Å²) in [5.74, 6) is 1.06. The molecule has 5 heteroatoms. The van der Waals surface area contributed by atoms with Crippen LogP contribution in [-0.2, 0) is 11.2 Å². The molecule has 3 rings (SSSR count). The van der Waals surface area contributed by atoms with E-state index in [1.165, 1.54) is 11.1 Å². The number of rotatable bonds is 5. The minimum absolute atomic E-state index is 0.258. The van der Waals surface area contributed by atoms with Crippen LogP contribution in [0.2, 0.25) is 0 Å². The molecule has 2 aromatic rings. The zero-order chi connectivity index (χ0) is 16.8. The van der Waals surface area contributed by atoms with Gasteiger partial charge >= 0.3 is 0 Å². The van der Waals surface area contributed by atoms with Gasteiger partial charge in [-0.05, 0) is 43.9 Å². The molecule has 1 aliphatic heterocycles. The van der Waals surface area contributed by atoms with Crippen molar-refractivity contribution in [3.63, 3.8) is 0 Å². The van der Waals surface area contributed by atoms with Crippen molar-refractivity contribution in [3.8, 4) is 0 Å². The second-order valence-corrected chi connectivity index (χ2v) is 6.39. The number of piperidine rings is 1. The lowest BCUT2D eigenvalue weighted by atomic mass is 10.0. The maximum absolute atomic E-state index is 12.4. The van der Waals surface area contributed by atoms with Gasteiger partial charge in [0.2, 0.25) is 5.91 Å². The number of aryl methyl sites for hydroxylation is 2. The Morgan fingerprint density at radius 1 is 1.21 bits per heavy atom. The molecule has 1 saturated heterocycles. The summed E-state index contributed by atoms with van der Waals surface area (Å²) in [6.45, 7) is 3.70. The summed E-state index contributed by atoms with van der Waals surface area (Å²) >= 11 is 0. The second kappa shape index (κ2) is 7.90. The highest BCUT2D eigenvalue weighted by Gasteiger charge is 2.22. The fourth-order valence-electron chi connectivity index (χ4n) is 3.03. The van der Waals surface area contributed by atoms with Crippen LogP contribution in [0.3, 0.4) is 0 Å². The molecule has 2 heterocycles. The molecule has 1 N–H and O–H groups in total. The van der Waals surface area contributed by atoms with Crippen molar-refractivity contribution in [1.29, 1.82) is 0 Å². The lowest BCUT2D eigenvalue weighted by Crippen LogP contribution is -2.42. The van der Waals surface area contributed by atoms with Gasteiger partial charge in [0.05, 0.1) is 0 Å². The Bertz CT molecular complexity index is 649. The molecule has 0 radical (unpaired) electrons. The van der Waals surface area contributed by atoms with Crippen molar-refractivity contribution in [2.75, 3.05) is 18.4 Å². The van der Waals surface area contributed by atoms with Crippen LogP contribution in [0.5, 0.6) is 0 Å². The first-order valence-electron chi connectivity index (χ1n) is 8.58. The Morgan fingerprint density at radius 2 is 1.96 bits per heavy atom. The van der Waals surface area contributed by atoms with Gasteiger partial charge < -0.3 is 10.2 Å². The third kappa shape index (κ3) is 4.54. The molecule has 0 spiro atoms. The highest BCUT2D eigenvalue weighted by atomic mass is 16.2. The topological polar surface area (TPSA) is 58.1 Å². The fourth-order valence-corrected chi connectivity index (χ4v) is 3.03. The molecule has 1 aliphatic rings. The Morgan fingerprint density at radius 3 is 2.62 bits per heavy atom. The van der Waals surface area contributed by atoms with Crippen LogP contribution in [0.25, 0.3) is 0 Å². The second-order valence-electron chi connectivity index (χ2n) is 6.39. The summed E-state index contributed by atoms with van der Waals surface area (Å²) in [6.07, 6.45) is 4.97. The van der Waals surface area contributed by atoms with E-state index >= 15 is 0 Å². The molecule has 0 aliphatic carbocycles. The first-order valence-corrected chi connectivity index (χ1v) is 8.58. The average Bonchev–Trinajstić information content (AvgIpc) is 2.62. The van der Waals surface area contributed by atoms with Gasteiger partial charge in [0.15, 0.2) is 0 Å². The average molecular weight is 324 g/mol. The molecule has 1 fully saturated rings. The number of aromatic nitrogens is 2. The van der Waals surface area contributed by atoms with Gasteiger partial charge in [0.25, 0.3) is 0 Å². The minimum atomic E-state index is 0.258. The lowest BCUT2D eigenvalue weighted by molar-refractivity contribution is -0.132. The van der Waals surface area contributed by atoms with Gasteiger partial charge in [-0.3, -0.25) is 4.79 Å². The van der Waals surface area contributed by atoms with E-state index in [9.17, 15) is 4.79 Å². The van der Waals surface area contributed by atoms with Crippen LogP contribution < -0.4 is 5.32 Å². The van der Waals surface area contributed by atoms with Gasteiger partial charge in [-0.25, -0.2) is 0 Å². The summed E-state index contributed by atoms with van der Waals surface area (Å²) in [6, 6.07) is 12.6. The van der Waals surface area contributed by atoms with E-state index in [0.29, 0.717) is 12.5 Å². The summed E-state index contributed by atoms with van der Waals surface area (Å²) in [5, 5.41) is 11.3. The van der Waals surface area contributed by atoms with E-state index in [-0.39, 0.29) is 5.91 Å². The molecule has 0 bridgehead atoms. The molecule has 1 aromatic carbocycles. The lowest BCUT2D eigenvalue weighted by Gasteiger charge is -2.32. The van der Waals surface area contributed by atoms with Crippen LogP contribution in [-0.4, -0.2) is 40.1 Å². The predicted octanol–water partition coefficient (Wildman–Crippen LogP) is 2.82. The van der Waals surface area contributed by atoms with Crippen molar-refractivity contribution < 1.29 is 4.79 Å². The summed E-state index contributed by atoms with van der Waals surface area (Å²) in [7, 11) is 0. The highest BCUT2D eigenvalue weighted by Crippen LogP contribution is 2.16. The largest absolute Gasteiger partial charge is 0.366 e. The number of hydrogen-bond donors (Lipinski definition) is 1. The van der Waals surface area contributed by atoms with Crippen LogP contribution in [0, 0.1) is 6.92 Å². The van der Waals surface area contributed by atoms with Crippen molar-refractivity contribution in [2.45, 2.75) is 38.6 Å². The van der Waals surface area contributed by atoms with Crippen LogP contribution in [0.1, 0.15) is 30.4 Å². The fraction of sp³-hybridized carbons (Fsp3) is 0.421. The third-order valence-electron chi connectivity index (χ3n) is 4.52. The van der Waals surface area contributed by atoms with Crippen LogP contribution >= 0.6 is 0 Å². The number of likely N-dealkylation sites (tertiary alicyclic amines) is 1. The number of amides is 1. The van der Waals surface area contributed by atoms with Gasteiger partial charge in [-0.1, -0.05) is 29.8 Å². The van der Waals surface area contributed by atoms with Crippen LogP contribution in [0.15, 0.2) is 42.6 Å². The molecule has 126 valence electrons. The number of carbonyl (C=O) groups is 1. The van der Waals surface area contributed by atoms with E-state index < -0.39 is 0 Å². The van der Waals surface area contributed by atoms with Crippen LogP contribution in [0.4, 0.5) is 5.82 Å². The number of nitrogens with one attached hydrogen (secondary N) is 1. The third-order valence-corrected chi connectivity index (χ3v) is 4.52. The summed E-state index contributed by atoms with van der Waals surface area (Å²) in [5.41, 5.74) is 2.48. The van der Waals surface area contributed by atoms with E-state index in [1.807, 2.05) is 17.0 Å². The predicted molar refractivity (Wildman–Crippen MR) is 94.8 cm³/mol. The standard InChI is InChI=1S/C19H24N4O/c1-15-4-6-16(7-5-15)8-9-19(24)23-13-10-17(11-14-23)21-18-3-2-12-20-22-18/h2-7,12,17H,8-11,13-14H2,1H3,(H,21,22). The van der Waals surface area contributed by atoms with Crippen molar-refractivity contribution in [3.05, 3.63) is 53.7 Å². The number of carbonyl (C=O) groups excluding carboxylic acids is 1. The Labute approximate surface area is 143 Å². The number of nitrogens with zero attached hydrogens (tertiary/aromatic N) is 3. The maximum Gasteiger partial charge on any atom is 0.222 e. The quantitative estimate of drug-likeness (QED) is 0.919. The normalized spacial score (nSPS) is 15.3. The van der Waals surface area contributed by atoms with Gasteiger partial charge in [-0.15, -0.1) is 5.10 Å². The molecule has 1 aromatic heterocycles. The Balaban J connectivity index is 1.42. The van der Waals surface area contributed by atoms with Gasteiger partial charge in [0.1, 0.15) is 5.82 Å². The minimum Gasteiger partial charge on any atom is -0.366 e. The summed E-state index contributed by atoms with van der Waals surface area (Å²) in [4.78, 5) is 14.4. The molecule has 0 saturated carbocycles. The zero-order valence-electron chi connectivity index (χ0n) is 14.1. The molecule has 1 amide bonds. The van der Waals surface area contributed by atoms with Crippen molar-refractivity contribution >= 4 is 11.7 Å². The number of benzene rings is 1. The molecule has 0 unspecified atom stereocenters. The first kappa shape index (κ1) is 16.4. The molecule has 5 nitrogen and oxygen atoms in total. The maximum atomic E-state index is 12.4. The van der Waals surface area contributed by atoms with Gasteiger partial charge in [0, 0.05) is 31.7 Å². The summed E-state index contributed by atoms with van der Waals surface area (Å²) < 4.78 is 0. The molecule has 24 heavy (non-hydrogen) atoms.